The lowest BCUT2D eigenvalue weighted by Crippen LogP contribution is -2.35. The molecule has 1 aliphatic heterocycles. The monoisotopic (exact) mass is 245 g/mol. The minimum absolute atomic E-state index is 0.0131. The molecule has 0 spiro atoms. The number of nitrogens with zero attached hydrogens (tertiary/aromatic N) is 1. The number of para-hydroxylation sites is 1. The van der Waals surface area contributed by atoms with Gasteiger partial charge >= 0.3 is 6.09 Å². The van der Waals surface area contributed by atoms with Gasteiger partial charge in [-0.25, -0.2) is 4.79 Å². The van der Waals surface area contributed by atoms with Crippen molar-refractivity contribution in [3.63, 3.8) is 0 Å². The lowest BCUT2D eigenvalue weighted by atomic mass is 9.99. The van der Waals surface area contributed by atoms with Gasteiger partial charge in [0.05, 0.1) is 12.3 Å². The molecule has 0 saturated carbocycles. The van der Waals surface area contributed by atoms with Crippen LogP contribution in [0.4, 0.5) is 10.5 Å². The predicted octanol–water partition coefficient (Wildman–Crippen LogP) is 3.70. The molecule has 0 N–H and O–H groups in total. The van der Waals surface area contributed by atoms with Crippen LogP contribution in [0.2, 0.25) is 0 Å². The molecule has 96 valence electrons. The number of ether oxygens (including phenoxy) is 1. The number of hydrogen-bond acceptors (Lipinski definition) is 2. The van der Waals surface area contributed by atoms with Crippen molar-refractivity contribution in [2.75, 3.05) is 18.1 Å². The average molecular weight is 245 g/mol. The average Bonchev–Trinajstić information content (AvgIpc) is 2.34. The number of amides is 1. The summed E-state index contributed by atoms with van der Waals surface area (Å²) in [5.74, 6) is 0. The Bertz CT molecular complexity index is 472. The van der Waals surface area contributed by atoms with Gasteiger partial charge in [0.1, 0.15) is 0 Å². The van der Waals surface area contributed by atoms with E-state index in [4.69, 9.17) is 4.74 Å². The van der Waals surface area contributed by atoms with Crippen molar-refractivity contribution >= 4 is 17.9 Å². The summed E-state index contributed by atoms with van der Waals surface area (Å²) in [5.41, 5.74) is 1.95. The standard InChI is InChI=1S/C15H19NO2/c1-15(2,3)11-18-14(17)16-10-6-8-12-7-4-5-9-13(12)16/h4-9H,10-11H2,1-3H3. The molecule has 0 atom stereocenters. The molecule has 2 rings (SSSR count). The molecule has 1 heterocycles. The van der Waals surface area contributed by atoms with E-state index in [1.54, 1.807) is 4.90 Å². The fourth-order valence-corrected chi connectivity index (χ4v) is 1.79. The molecule has 0 aromatic heterocycles. The van der Waals surface area contributed by atoms with Crippen molar-refractivity contribution in [2.45, 2.75) is 20.8 Å². The van der Waals surface area contributed by atoms with Gasteiger partial charge < -0.3 is 4.74 Å². The number of benzene rings is 1. The first-order valence-corrected chi connectivity index (χ1v) is 6.17. The lowest BCUT2D eigenvalue weighted by Gasteiger charge is -2.27. The van der Waals surface area contributed by atoms with Gasteiger partial charge in [0.25, 0.3) is 0 Å². The number of carbonyl (C=O) groups is 1. The molecule has 3 nitrogen and oxygen atoms in total. The lowest BCUT2D eigenvalue weighted by molar-refractivity contribution is 0.113. The number of rotatable bonds is 1. The highest BCUT2D eigenvalue weighted by Gasteiger charge is 2.22. The molecule has 3 heteroatoms. The zero-order valence-electron chi connectivity index (χ0n) is 11.1. The summed E-state index contributed by atoms with van der Waals surface area (Å²) in [6, 6.07) is 7.83. The van der Waals surface area contributed by atoms with Crippen molar-refractivity contribution < 1.29 is 9.53 Å². The highest BCUT2D eigenvalue weighted by Crippen LogP contribution is 2.26. The van der Waals surface area contributed by atoms with E-state index < -0.39 is 0 Å². The topological polar surface area (TPSA) is 29.5 Å². The number of anilines is 1. The minimum atomic E-state index is -0.276. The van der Waals surface area contributed by atoms with Gasteiger partial charge in [0.15, 0.2) is 0 Å². The SMILES string of the molecule is CC(C)(C)COC(=O)N1CC=Cc2ccccc21. The molecule has 1 aliphatic rings. The van der Waals surface area contributed by atoms with E-state index in [0.717, 1.165) is 11.3 Å². The zero-order valence-corrected chi connectivity index (χ0v) is 11.1. The van der Waals surface area contributed by atoms with Crippen LogP contribution in [-0.4, -0.2) is 19.2 Å². The zero-order chi connectivity index (χ0) is 13.2. The van der Waals surface area contributed by atoms with Gasteiger partial charge in [-0.05, 0) is 17.0 Å². The first kappa shape index (κ1) is 12.7. The minimum Gasteiger partial charge on any atom is -0.449 e. The number of carbonyl (C=O) groups excluding carboxylic acids is 1. The maximum Gasteiger partial charge on any atom is 0.414 e. The summed E-state index contributed by atoms with van der Waals surface area (Å²) in [6.45, 7) is 7.13. The van der Waals surface area contributed by atoms with Crippen LogP contribution in [-0.2, 0) is 4.74 Å². The Morgan fingerprint density at radius 2 is 2.06 bits per heavy atom. The van der Waals surface area contributed by atoms with Crippen molar-refractivity contribution in [1.29, 1.82) is 0 Å². The van der Waals surface area contributed by atoms with E-state index in [1.165, 1.54) is 0 Å². The molecule has 1 aromatic rings. The quantitative estimate of drug-likeness (QED) is 0.755. The largest absolute Gasteiger partial charge is 0.449 e. The fraction of sp³-hybridized carbons (Fsp3) is 0.400. The molecule has 0 bridgehead atoms. The Morgan fingerprint density at radius 1 is 1.33 bits per heavy atom. The van der Waals surface area contributed by atoms with Crippen molar-refractivity contribution in [3.8, 4) is 0 Å². The van der Waals surface area contributed by atoms with Crippen molar-refractivity contribution in [1.82, 2.24) is 0 Å². The van der Waals surface area contributed by atoms with Gasteiger partial charge in [0.2, 0.25) is 0 Å². The maximum absolute atomic E-state index is 12.1. The summed E-state index contributed by atoms with van der Waals surface area (Å²) in [5, 5.41) is 0. The Kier molecular flexibility index (Phi) is 3.41. The molecule has 1 amide bonds. The van der Waals surface area contributed by atoms with Crippen LogP contribution in [0.3, 0.4) is 0 Å². The summed E-state index contributed by atoms with van der Waals surface area (Å²) >= 11 is 0. The Morgan fingerprint density at radius 3 is 2.78 bits per heavy atom. The van der Waals surface area contributed by atoms with Crippen molar-refractivity contribution in [2.24, 2.45) is 5.41 Å². The normalized spacial score (nSPS) is 14.3. The van der Waals surface area contributed by atoms with Gasteiger partial charge in [-0.1, -0.05) is 51.1 Å². The van der Waals surface area contributed by atoms with Crippen molar-refractivity contribution in [3.05, 3.63) is 35.9 Å². The predicted molar refractivity (Wildman–Crippen MR) is 73.6 cm³/mol. The van der Waals surface area contributed by atoms with Crippen LogP contribution in [0.15, 0.2) is 30.3 Å². The number of hydrogen-bond donors (Lipinski definition) is 0. The summed E-state index contributed by atoms with van der Waals surface area (Å²) in [7, 11) is 0. The van der Waals surface area contributed by atoms with Gasteiger partial charge in [-0.15, -0.1) is 0 Å². The summed E-state index contributed by atoms with van der Waals surface area (Å²) in [6.07, 6.45) is 3.73. The Balaban J connectivity index is 2.11. The first-order valence-electron chi connectivity index (χ1n) is 6.17. The molecule has 0 unspecified atom stereocenters. The smallest absolute Gasteiger partial charge is 0.414 e. The van der Waals surface area contributed by atoms with Crippen LogP contribution < -0.4 is 4.90 Å². The van der Waals surface area contributed by atoms with Gasteiger partial charge in [0, 0.05) is 6.54 Å². The van der Waals surface area contributed by atoms with Crippen LogP contribution in [0.5, 0.6) is 0 Å². The molecule has 1 aromatic carbocycles. The van der Waals surface area contributed by atoms with Gasteiger partial charge in [-0.3, -0.25) is 4.90 Å². The Hall–Kier alpha value is -1.77. The Labute approximate surface area is 108 Å². The van der Waals surface area contributed by atoms with E-state index in [9.17, 15) is 4.79 Å². The molecule has 0 saturated heterocycles. The van der Waals surface area contributed by atoms with E-state index >= 15 is 0 Å². The second-order valence-electron chi connectivity index (χ2n) is 5.69. The molecule has 0 aliphatic carbocycles. The van der Waals surface area contributed by atoms with E-state index in [1.807, 2.05) is 57.2 Å². The third-order valence-corrected chi connectivity index (χ3v) is 2.66. The number of fused-ring (bicyclic) bond motifs is 1. The summed E-state index contributed by atoms with van der Waals surface area (Å²) in [4.78, 5) is 13.7. The fourth-order valence-electron chi connectivity index (χ4n) is 1.79. The third-order valence-electron chi connectivity index (χ3n) is 2.66. The van der Waals surface area contributed by atoms with E-state index in [0.29, 0.717) is 13.2 Å². The molecular weight excluding hydrogens is 226 g/mol. The second-order valence-corrected chi connectivity index (χ2v) is 5.69. The van der Waals surface area contributed by atoms with Crippen LogP contribution in [0.25, 0.3) is 6.08 Å². The first-order chi connectivity index (χ1) is 8.47. The van der Waals surface area contributed by atoms with Crippen LogP contribution >= 0.6 is 0 Å². The van der Waals surface area contributed by atoms with E-state index in [2.05, 4.69) is 0 Å². The summed E-state index contributed by atoms with van der Waals surface area (Å²) < 4.78 is 5.36. The van der Waals surface area contributed by atoms with Crippen LogP contribution in [0.1, 0.15) is 26.3 Å². The van der Waals surface area contributed by atoms with Crippen LogP contribution in [0, 0.1) is 5.41 Å². The molecule has 0 radical (unpaired) electrons. The maximum atomic E-state index is 12.1. The molecular formula is C15H19NO2. The van der Waals surface area contributed by atoms with E-state index in [-0.39, 0.29) is 11.5 Å². The highest BCUT2D eigenvalue weighted by molar-refractivity contribution is 5.92. The molecule has 18 heavy (non-hydrogen) atoms. The second kappa shape index (κ2) is 4.84. The third kappa shape index (κ3) is 2.92. The van der Waals surface area contributed by atoms with Gasteiger partial charge in [-0.2, -0.15) is 0 Å². The highest BCUT2D eigenvalue weighted by atomic mass is 16.6. The molecule has 0 fully saturated rings.